The van der Waals surface area contributed by atoms with Crippen LogP contribution in [-0.2, 0) is 0 Å². The molecule has 0 spiro atoms. The van der Waals surface area contributed by atoms with Crippen LogP contribution in [0.5, 0.6) is 11.5 Å². The van der Waals surface area contributed by atoms with Crippen LogP contribution < -0.4 is 20.3 Å². The first-order chi connectivity index (χ1) is 14.1. The summed E-state index contributed by atoms with van der Waals surface area (Å²) in [6, 6.07) is 13.4. The number of hydrogen-bond acceptors (Lipinski definition) is 4. The van der Waals surface area contributed by atoms with Crippen molar-refractivity contribution in [3.63, 3.8) is 0 Å². The Labute approximate surface area is 171 Å². The number of hydrazine groups is 1. The maximum atomic E-state index is 12.2. The molecule has 2 aromatic rings. The Morgan fingerprint density at radius 2 is 1.34 bits per heavy atom. The van der Waals surface area contributed by atoms with Gasteiger partial charge in [0.05, 0.1) is 6.61 Å². The van der Waals surface area contributed by atoms with Gasteiger partial charge in [-0.3, -0.25) is 20.4 Å². The zero-order valence-electron chi connectivity index (χ0n) is 16.8. The molecular weight excluding hydrogens is 368 g/mol. The predicted octanol–water partition coefficient (Wildman–Crippen LogP) is 4.29. The molecule has 2 aromatic carbocycles. The minimum atomic E-state index is -0.416. The molecule has 0 aliphatic heterocycles. The molecule has 0 aliphatic rings. The molecule has 2 N–H and O–H groups in total. The van der Waals surface area contributed by atoms with Gasteiger partial charge in [-0.1, -0.05) is 38.8 Å². The van der Waals surface area contributed by atoms with E-state index in [1.54, 1.807) is 54.6 Å². The summed E-state index contributed by atoms with van der Waals surface area (Å²) in [5.74, 6) is 0.540. The fourth-order valence-corrected chi connectivity index (χ4v) is 2.54. The van der Waals surface area contributed by atoms with Gasteiger partial charge in [0.25, 0.3) is 11.8 Å². The van der Waals surface area contributed by atoms with Gasteiger partial charge in [-0.05, 0) is 55.0 Å². The van der Waals surface area contributed by atoms with E-state index in [1.165, 1.54) is 12.8 Å². The minimum Gasteiger partial charge on any atom is -0.494 e. The van der Waals surface area contributed by atoms with Gasteiger partial charge in [-0.15, -0.1) is 0 Å². The Morgan fingerprint density at radius 1 is 0.828 bits per heavy atom. The summed E-state index contributed by atoms with van der Waals surface area (Å²) in [6.07, 6.45) is 6.21. The lowest BCUT2D eigenvalue weighted by atomic mass is 10.2. The van der Waals surface area contributed by atoms with Crippen LogP contribution in [0.4, 0.5) is 0 Å². The van der Waals surface area contributed by atoms with Gasteiger partial charge in [-0.25, -0.2) is 0 Å². The molecule has 6 heteroatoms. The molecule has 0 heterocycles. The van der Waals surface area contributed by atoms with Crippen LogP contribution in [0.3, 0.4) is 0 Å². The summed E-state index contributed by atoms with van der Waals surface area (Å²) in [4.78, 5) is 24.4. The molecule has 154 valence electrons. The Hall–Kier alpha value is -3.28. The Morgan fingerprint density at radius 3 is 1.83 bits per heavy atom. The van der Waals surface area contributed by atoms with Crippen molar-refractivity contribution in [1.29, 1.82) is 0 Å². The molecule has 0 saturated heterocycles. The highest BCUT2D eigenvalue weighted by molar-refractivity contribution is 5.99. The zero-order valence-corrected chi connectivity index (χ0v) is 16.8. The first-order valence-electron chi connectivity index (χ1n) is 9.81. The van der Waals surface area contributed by atoms with Crippen molar-refractivity contribution >= 4 is 11.8 Å². The standard InChI is InChI=1S/C23H28N2O4/c1-3-5-6-7-17-29-21-14-10-19(11-15-21)23(27)25-24-22(26)18-8-12-20(13-9-18)28-16-4-2/h4,8-15H,2-3,5-7,16-17H2,1H3,(H,24,26)(H,25,27). The monoisotopic (exact) mass is 396 g/mol. The normalized spacial score (nSPS) is 10.1. The van der Waals surface area contributed by atoms with E-state index in [9.17, 15) is 9.59 Å². The Balaban J connectivity index is 1.77. The fourth-order valence-electron chi connectivity index (χ4n) is 2.54. The number of rotatable bonds is 11. The lowest BCUT2D eigenvalue weighted by Crippen LogP contribution is -2.41. The fraction of sp³-hybridized carbons (Fsp3) is 0.304. The number of nitrogens with one attached hydrogen (secondary N) is 2. The summed E-state index contributed by atoms with van der Waals surface area (Å²) in [5.41, 5.74) is 5.64. The SMILES string of the molecule is C=CCOc1ccc(C(=O)NNC(=O)c2ccc(OCCCCCC)cc2)cc1. The molecule has 6 nitrogen and oxygen atoms in total. The molecule has 0 aromatic heterocycles. The number of unbranched alkanes of at least 4 members (excludes halogenated alkanes) is 3. The third-order valence-electron chi connectivity index (χ3n) is 4.16. The highest BCUT2D eigenvalue weighted by Crippen LogP contribution is 2.14. The largest absolute Gasteiger partial charge is 0.494 e. The van der Waals surface area contributed by atoms with E-state index in [4.69, 9.17) is 9.47 Å². The second-order valence-electron chi connectivity index (χ2n) is 6.47. The summed E-state index contributed by atoms with van der Waals surface area (Å²) in [7, 11) is 0. The van der Waals surface area contributed by atoms with Crippen molar-refractivity contribution < 1.29 is 19.1 Å². The van der Waals surface area contributed by atoms with Gasteiger partial charge in [0.2, 0.25) is 0 Å². The van der Waals surface area contributed by atoms with Crippen LogP contribution >= 0.6 is 0 Å². The summed E-state index contributed by atoms with van der Waals surface area (Å²) in [6.45, 7) is 6.81. The van der Waals surface area contributed by atoms with Crippen molar-refractivity contribution in [2.75, 3.05) is 13.2 Å². The van der Waals surface area contributed by atoms with Crippen LogP contribution in [-0.4, -0.2) is 25.0 Å². The lowest BCUT2D eigenvalue weighted by molar-refractivity contribution is 0.0846. The van der Waals surface area contributed by atoms with Gasteiger partial charge in [0, 0.05) is 11.1 Å². The maximum absolute atomic E-state index is 12.2. The van der Waals surface area contributed by atoms with E-state index in [0.717, 1.165) is 18.6 Å². The molecule has 0 atom stereocenters. The highest BCUT2D eigenvalue weighted by atomic mass is 16.5. The van der Waals surface area contributed by atoms with E-state index >= 15 is 0 Å². The molecule has 0 unspecified atom stereocenters. The Bertz CT molecular complexity index is 786. The molecule has 0 bridgehead atoms. The van der Waals surface area contributed by atoms with Crippen molar-refractivity contribution in [3.8, 4) is 11.5 Å². The minimum absolute atomic E-state index is 0.393. The van der Waals surface area contributed by atoms with Crippen LogP contribution in [0, 0.1) is 0 Å². The van der Waals surface area contributed by atoms with Crippen molar-refractivity contribution in [2.24, 2.45) is 0 Å². The zero-order chi connectivity index (χ0) is 20.9. The number of benzene rings is 2. The second kappa shape index (κ2) is 12.2. The summed E-state index contributed by atoms with van der Waals surface area (Å²) >= 11 is 0. The lowest BCUT2D eigenvalue weighted by Gasteiger charge is -2.09. The van der Waals surface area contributed by atoms with E-state index in [1.807, 2.05) is 0 Å². The first-order valence-corrected chi connectivity index (χ1v) is 9.81. The van der Waals surface area contributed by atoms with Crippen molar-refractivity contribution in [1.82, 2.24) is 10.9 Å². The second-order valence-corrected chi connectivity index (χ2v) is 6.47. The van der Waals surface area contributed by atoms with Gasteiger partial charge < -0.3 is 9.47 Å². The van der Waals surface area contributed by atoms with Gasteiger partial charge >= 0.3 is 0 Å². The number of carbonyl (C=O) groups excluding carboxylic acids is 2. The van der Waals surface area contributed by atoms with Crippen LogP contribution in [0.25, 0.3) is 0 Å². The molecular formula is C23H28N2O4. The number of ether oxygens (including phenoxy) is 2. The quantitative estimate of drug-likeness (QED) is 0.338. The van der Waals surface area contributed by atoms with Crippen LogP contribution in [0.1, 0.15) is 53.3 Å². The molecule has 0 radical (unpaired) electrons. The van der Waals surface area contributed by atoms with Crippen LogP contribution in [0.2, 0.25) is 0 Å². The third kappa shape index (κ3) is 7.70. The predicted molar refractivity (Wildman–Crippen MR) is 113 cm³/mol. The molecule has 2 rings (SSSR count). The molecule has 2 amide bonds. The van der Waals surface area contributed by atoms with Gasteiger partial charge in [-0.2, -0.15) is 0 Å². The molecule has 0 aliphatic carbocycles. The topological polar surface area (TPSA) is 76.7 Å². The molecule has 0 saturated carbocycles. The third-order valence-corrected chi connectivity index (χ3v) is 4.16. The summed E-state index contributed by atoms with van der Waals surface area (Å²) in [5, 5.41) is 0. The van der Waals surface area contributed by atoms with Crippen molar-refractivity contribution in [3.05, 3.63) is 72.3 Å². The van der Waals surface area contributed by atoms with Gasteiger partial charge in [0.15, 0.2) is 0 Å². The summed E-state index contributed by atoms with van der Waals surface area (Å²) < 4.78 is 11.0. The number of amides is 2. The van der Waals surface area contributed by atoms with Gasteiger partial charge in [0.1, 0.15) is 18.1 Å². The smallest absolute Gasteiger partial charge is 0.269 e. The van der Waals surface area contributed by atoms with Crippen molar-refractivity contribution in [2.45, 2.75) is 32.6 Å². The average Bonchev–Trinajstić information content (AvgIpc) is 2.76. The van der Waals surface area contributed by atoms with E-state index < -0.39 is 11.8 Å². The van der Waals surface area contributed by atoms with E-state index in [2.05, 4.69) is 24.4 Å². The Kier molecular flexibility index (Phi) is 9.29. The molecule has 29 heavy (non-hydrogen) atoms. The van der Waals surface area contributed by atoms with Crippen LogP contribution in [0.15, 0.2) is 61.2 Å². The average molecular weight is 396 g/mol. The number of carbonyl (C=O) groups is 2. The number of hydrogen-bond donors (Lipinski definition) is 2. The van der Waals surface area contributed by atoms with E-state index in [0.29, 0.717) is 30.1 Å². The first kappa shape index (κ1) is 22.0. The highest BCUT2D eigenvalue weighted by Gasteiger charge is 2.09. The molecule has 0 fully saturated rings. The van der Waals surface area contributed by atoms with E-state index in [-0.39, 0.29) is 0 Å². The maximum Gasteiger partial charge on any atom is 0.269 e.